The summed E-state index contributed by atoms with van der Waals surface area (Å²) in [7, 11) is 2.12. The number of aromatic amines is 1. The van der Waals surface area contributed by atoms with Gasteiger partial charge in [0.1, 0.15) is 12.4 Å². The minimum Gasteiger partial charge on any atom is -0.490 e. The van der Waals surface area contributed by atoms with E-state index >= 15 is 0 Å². The summed E-state index contributed by atoms with van der Waals surface area (Å²) < 4.78 is 5.88. The predicted octanol–water partition coefficient (Wildman–Crippen LogP) is 4.54. The van der Waals surface area contributed by atoms with Gasteiger partial charge in [-0.1, -0.05) is 19.1 Å². The van der Waals surface area contributed by atoms with Crippen LogP contribution < -0.4 is 9.64 Å². The number of rotatable bonds is 3. The van der Waals surface area contributed by atoms with E-state index in [4.69, 9.17) is 4.74 Å². The van der Waals surface area contributed by atoms with Gasteiger partial charge in [0.25, 0.3) is 0 Å². The lowest BCUT2D eigenvalue weighted by atomic mass is 9.88. The second-order valence-corrected chi connectivity index (χ2v) is 6.28. The highest BCUT2D eigenvalue weighted by Crippen LogP contribution is 2.37. The standard InChI is InChI=1S/C20H22N2O/c1-3-17(14-4-6-18-16(12-14)8-9-21-18)15-5-7-19-20(13-15)23-11-10-22(19)2/h4-9,12-13,17,21H,3,10-11H2,1-2H3. The highest BCUT2D eigenvalue weighted by molar-refractivity contribution is 5.80. The molecule has 3 aromatic rings. The Balaban J connectivity index is 1.74. The number of ether oxygens (including phenoxy) is 1. The first-order valence-electron chi connectivity index (χ1n) is 8.31. The van der Waals surface area contributed by atoms with E-state index in [0.29, 0.717) is 5.92 Å². The average molecular weight is 306 g/mol. The lowest BCUT2D eigenvalue weighted by Gasteiger charge is -2.29. The molecule has 0 aliphatic carbocycles. The molecule has 2 heterocycles. The minimum absolute atomic E-state index is 0.399. The summed E-state index contributed by atoms with van der Waals surface area (Å²) in [5.41, 5.74) is 5.08. The van der Waals surface area contributed by atoms with E-state index in [9.17, 15) is 0 Å². The number of hydrogen-bond acceptors (Lipinski definition) is 2. The smallest absolute Gasteiger partial charge is 0.142 e. The number of benzene rings is 2. The number of nitrogens with zero attached hydrogens (tertiary/aromatic N) is 1. The molecule has 0 saturated carbocycles. The van der Waals surface area contributed by atoms with Crippen LogP contribution in [0.5, 0.6) is 5.75 Å². The third kappa shape index (κ3) is 2.46. The Morgan fingerprint density at radius 1 is 1.13 bits per heavy atom. The van der Waals surface area contributed by atoms with Crippen molar-refractivity contribution in [2.45, 2.75) is 19.3 Å². The summed E-state index contributed by atoms with van der Waals surface area (Å²) in [5.74, 6) is 1.41. The molecule has 4 rings (SSSR count). The molecule has 2 aromatic carbocycles. The third-order valence-corrected chi connectivity index (χ3v) is 4.87. The van der Waals surface area contributed by atoms with E-state index < -0.39 is 0 Å². The van der Waals surface area contributed by atoms with Crippen LogP contribution in [0.1, 0.15) is 30.4 Å². The molecular formula is C20H22N2O. The Morgan fingerprint density at radius 2 is 1.96 bits per heavy atom. The molecule has 1 aromatic heterocycles. The number of fused-ring (bicyclic) bond motifs is 2. The van der Waals surface area contributed by atoms with Crippen LogP contribution in [0.3, 0.4) is 0 Å². The number of H-pyrrole nitrogens is 1. The van der Waals surface area contributed by atoms with Crippen molar-refractivity contribution in [2.24, 2.45) is 0 Å². The summed E-state index contributed by atoms with van der Waals surface area (Å²) in [6, 6.07) is 15.5. The molecule has 0 bridgehead atoms. The second kappa shape index (κ2) is 5.65. The number of hydrogen-bond donors (Lipinski definition) is 1. The van der Waals surface area contributed by atoms with Crippen molar-refractivity contribution in [3.05, 3.63) is 59.8 Å². The summed E-state index contributed by atoms with van der Waals surface area (Å²) in [6.07, 6.45) is 3.07. The number of anilines is 1. The third-order valence-electron chi connectivity index (χ3n) is 4.87. The van der Waals surface area contributed by atoms with E-state index in [0.717, 1.165) is 25.3 Å². The Morgan fingerprint density at radius 3 is 2.83 bits per heavy atom. The van der Waals surface area contributed by atoms with Gasteiger partial charge in [-0.3, -0.25) is 0 Å². The van der Waals surface area contributed by atoms with Crippen molar-refractivity contribution in [2.75, 3.05) is 25.1 Å². The Hall–Kier alpha value is -2.42. The zero-order valence-corrected chi connectivity index (χ0v) is 13.7. The van der Waals surface area contributed by atoms with Crippen molar-refractivity contribution in [1.82, 2.24) is 4.98 Å². The summed E-state index contributed by atoms with van der Waals surface area (Å²) in [4.78, 5) is 5.52. The molecule has 1 N–H and O–H groups in total. The zero-order valence-electron chi connectivity index (χ0n) is 13.7. The minimum atomic E-state index is 0.399. The molecule has 0 spiro atoms. The summed E-state index contributed by atoms with van der Waals surface area (Å²) in [6.45, 7) is 3.96. The Bertz CT molecular complexity index is 837. The molecule has 1 aliphatic rings. The Labute approximate surface area is 136 Å². The molecule has 3 nitrogen and oxygen atoms in total. The summed E-state index contributed by atoms with van der Waals surface area (Å²) >= 11 is 0. The van der Waals surface area contributed by atoms with Crippen molar-refractivity contribution >= 4 is 16.6 Å². The number of nitrogens with one attached hydrogen (secondary N) is 1. The van der Waals surface area contributed by atoms with Crippen molar-refractivity contribution in [3.63, 3.8) is 0 Å². The van der Waals surface area contributed by atoms with Crippen molar-refractivity contribution in [3.8, 4) is 5.75 Å². The SMILES string of the molecule is CCC(c1ccc2c(c1)OCCN2C)c1ccc2[nH]ccc2c1. The lowest BCUT2D eigenvalue weighted by molar-refractivity contribution is 0.311. The molecule has 0 saturated heterocycles. The van der Waals surface area contributed by atoms with Crippen LogP contribution in [-0.2, 0) is 0 Å². The molecule has 0 amide bonds. The first-order chi connectivity index (χ1) is 11.3. The molecule has 0 fully saturated rings. The van der Waals surface area contributed by atoms with Crippen LogP contribution in [0.25, 0.3) is 10.9 Å². The maximum absolute atomic E-state index is 5.88. The van der Waals surface area contributed by atoms with E-state index in [1.807, 2.05) is 6.20 Å². The van der Waals surface area contributed by atoms with E-state index in [-0.39, 0.29) is 0 Å². The van der Waals surface area contributed by atoms with Gasteiger partial charge in [-0.05, 0) is 53.3 Å². The van der Waals surface area contributed by atoms with Gasteiger partial charge in [0.2, 0.25) is 0 Å². The highest BCUT2D eigenvalue weighted by atomic mass is 16.5. The maximum Gasteiger partial charge on any atom is 0.142 e. The van der Waals surface area contributed by atoms with Gasteiger partial charge >= 0.3 is 0 Å². The van der Waals surface area contributed by atoms with Gasteiger partial charge in [0, 0.05) is 24.7 Å². The van der Waals surface area contributed by atoms with Crippen LogP contribution in [0.4, 0.5) is 5.69 Å². The maximum atomic E-state index is 5.88. The largest absolute Gasteiger partial charge is 0.490 e. The Kier molecular flexibility index (Phi) is 3.49. The predicted molar refractivity (Wildman–Crippen MR) is 95.6 cm³/mol. The molecule has 118 valence electrons. The van der Waals surface area contributed by atoms with Gasteiger partial charge in [0.15, 0.2) is 0 Å². The van der Waals surface area contributed by atoms with Crippen LogP contribution in [0.2, 0.25) is 0 Å². The van der Waals surface area contributed by atoms with E-state index in [1.54, 1.807) is 0 Å². The highest BCUT2D eigenvalue weighted by Gasteiger charge is 2.19. The fourth-order valence-corrected chi connectivity index (χ4v) is 3.54. The van der Waals surface area contributed by atoms with Crippen molar-refractivity contribution < 1.29 is 4.74 Å². The molecule has 1 unspecified atom stereocenters. The zero-order chi connectivity index (χ0) is 15.8. The average Bonchev–Trinajstić information content (AvgIpc) is 3.03. The summed E-state index contributed by atoms with van der Waals surface area (Å²) in [5, 5.41) is 1.27. The van der Waals surface area contributed by atoms with Crippen LogP contribution >= 0.6 is 0 Å². The van der Waals surface area contributed by atoms with Crippen LogP contribution in [0.15, 0.2) is 48.7 Å². The van der Waals surface area contributed by atoms with Crippen LogP contribution in [-0.4, -0.2) is 25.2 Å². The van der Waals surface area contributed by atoms with Gasteiger partial charge in [-0.25, -0.2) is 0 Å². The van der Waals surface area contributed by atoms with Gasteiger partial charge < -0.3 is 14.6 Å². The normalized spacial score (nSPS) is 15.3. The molecule has 1 aliphatic heterocycles. The number of aromatic nitrogens is 1. The lowest BCUT2D eigenvalue weighted by Crippen LogP contribution is -2.28. The fraction of sp³-hybridized carbons (Fsp3) is 0.300. The van der Waals surface area contributed by atoms with E-state index in [1.165, 1.54) is 27.7 Å². The van der Waals surface area contributed by atoms with Gasteiger partial charge in [-0.2, -0.15) is 0 Å². The van der Waals surface area contributed by atoms with Crippen LogP contribution in [0, 0.1) is 0 Å². The van der Waals surface area contributed by atoms with Gasteiger partial charge in [-0.15, -0.1) is 0 Å². The molecule has 1 atom stereocenters. The quantitative estimate of drug-likeness (QED) is 0.769. The van der Waals surface area contributed by atoms with Gasteiger partial charge in [0.05, 0.1) is 12.2 Å². The molecule has 3 heteroatoms. The number of likely N-dealkylation sites (N-methyl/N-ethyl adjacent to an activating group) is 1. The van der Waals surface area contributed by atoms with E-state index in [2.05, 4.69) is 66.3 Å². The second-order valence-electron chi connectivity index (χ2n) is 6.28. The molecular weight excluding hydrogens is 284 g/mol. The topological polar surface area (TPSA) is 28.3 Å². The fourth-order valence-electron chi connectivity index (χ4n) is 3.54. The molecule has 23 heavy (non-hydrogen) atoms. The van der Waals surface area contributed by atoms with Crippen molar-refractivity contribution in [1.29, 1.82) is 0 Å². The monoisotopic (exact) mass is 306 g/mol. The molecule has 0 radical (unpaired) electrons. The first kappa shape index (κ1) is 14.2. The first-order valence-corrected chi connectivity index (χ1v) is 8.31.